The lowest BCUT2D eigenvalue weighted by Crippen LogP contribution is -2.28. The standard InChI is InChI=1S/C13H18O3/c1-3-16-11(15)13-7-12(13,2)10(14)8-5-4-6-9(8)13/h8-9H,3-7H2,1-2H3/t8-,9+,12-,13+/m0/s1. The van der Waals surface area contributed by atoms with Crippen LogP contribution in [0.2, 0.25) is 0 Å². The fourth-order valence-electron chi connectivity index (χ4n) is 4.34. The van der Waals surface area contributed by atoms with Crippen molar-refractivity contribution in [2.45, 2.75) is 39.5 Å². The second kappa shape index (κ2) is 2.88. The Balaban J connectivity index is 1.97. The predicted molar refractivity (Wildman–Crippen MR) is 57.6 cm³/mol. The molecule has 4 atom stereocenters. The quantitative estimate of drug-likeness (QED) is 0.671. The zero-order valence-corrected chi connectivity index (χ0v) is 9.91. The van der Waals surface area contributed by atoms with Crippen LogP contribution in [0.5, 0.6) is 0 Å². The number of fused-ring (bicyclic) bond motifs is 3. The number of rotatable bonds is 2. The monoisotopic (exact) mass is 222 g/mol. The SMILES string of the molecule is CCOC(=O)[C@]12C[C@@]1(C)C(=O)[C@H]1CCC[C@H]12. The zero-order valence-electron chi connectivity index (χ0n) is 9.91. The third-order valence-corrected chi connectivity index (χ3v) is 5.16. The second-order valence-electron chi connectivity index (χ2n) is 5.71. The Hall–Kier alpha value is -0.860. The van der Waals surface area contributed by atoms with Gasteiger partial charge in [-0.3, -0.25) is 9.59 Å². The first-order valence-corrected chi connectivity index (χ1v) is 6.29. The molecule has 0 saturated heterocycles. The summed E-state index contributed by atoms with van der Waals surface area (Å²) in [5.74, 6) is 0.663. The highest BCUT2D eigenvalue weighted by Crippen LogP contribution is 2.78. The molecular weight excluding hydrogens is 204 g/mol. The summed E-state index contributed by atoms with van der Waals surface area (Å²) in [4.78, 5) is 24.4. The Morgan fingerprint density at radius 3 is 2.94 bits per heavy atom. The van der Waals surface area contributed by atoms with E-state index in [0.717, 1.165) is 25.7 Å². The van der Waals surface area contributed by atoms with E-state index in [2.05, 4.69) is 0 Å². The highest BCUT2D eigenvalue weighted by atomic mass is 16.5. The van der Waals surface area contributed by atoms with Crippen LogP contribution in [0.1, 0.15) is 39.5 Å². The molecule has 16 heavy (non-hydrogen) atoms. The van der Waals surface area contributed by atoms with Crippen LogP contribution in [-0.4, -0.2) is 18.4 Å². The van der Waals surface area contributed by atoms with Gasteiger partial charge < -0.3 is 4.74 Å². The van der Waals surface area contributed by atoms with Crippen molar-refractivity contribution < 1.29 is 14.3 Å². The van der Waals surface area contributed by atoms with E-state index in [1.165, 1.54) is 0 Å². The van der Waals surface area contributed by atoms with Gasteiger partial charge in [-0.15, -0.1) is 0 Å². The van der Waals surface area contributed by atoms with Gasteiger partial charge in [0.25, 0.3) is 0 Å². The first kappa shape index (κ1) is 10.3. The highest BCUT2D eigenvalue weighted by molar-refractivity contribution is 6.03. The molecule has 0 aliphatic heterocycles. The Kier molecular flexibility index (Phi) is 1.85. The van der Waals surface area contributed by atoms with Gasteiger partial charge >= 0.3 is 5.97 Å². The topological polar surface area (TPSA) is 43.4 Å². The number of Topliss-reactive ketones (excluding diaryl/α,β-unsaturated/α-hetero) is 1. The molecule has 3 saturated carbocycles. The maximum Gasteiger partial charge on any atom is 0.313 e. The highest BCUT2D eigenvalue weighted by Gasteiger charge is 2.83. The van der Waals surface area contributed by atoms with Gasteiger partial charge in [-0.2, -0.15) is 0 Å². The minimum atomic E-state index is -0.429. The Morgan fingerprint density at radius 1 is 1.50 bits per heavy atom. The minimum absolute atomic E-state index is 0.111. The molecule has 3 rings (SSSR count). The molecule has 0 unspecified atom stereocenters. The Bertz CT molecular complexity index is 375. The first-order chi connectivity index (χ1) is 7.58. The second-order valence-corrected chi connectivity index (χ2v) is 5.71. The molecule has 0 N–H and O–H groups in total. The first-order valence-electron chi connectivity index (χ1n) is 6.29. The number of carbonyl (C=O) groups excluding carboxylic acids is 2. The zero-order chi connectivity index (χ0) is 11.6. The van der Waals surface area contributed by atoms with E-state index >= 15 is 0 Å². The van der Waals surface area contributed by atoms with E-state index in [-0.39, 0.29) is 23.2 Å². The third kappa shape index (κ3) is 0.871. The van der Waals surface area contributed by atoms with Gasteiger partial charge in [-0.25, -0.2) is 0 Å². The van der Waals surface area contributed by atoms with E-state index in [1.807, 2.05) is 13.8 Å². The molecule has 3 nitrogen and oxygen atoms in total. The van der Waals surface area contributed by atoms with Gasteiger partial charge in [0, 0.05) is 11.3 Å². The predicted octanol–water partition coefficient (Wildman–Crippen LogP) is 1.94. The number of hydrogen-bond donors (Lipinski definition) is 0. The summed E-state index contributed by atoms with van der Waals surface area (Å²) in [6.45, 7) is 4.21. The fraction of sp³-hybridized carbons (Fsp3) is 0.846. The molecule has 0 amide bonds. The lowest BCUT2D eigenvalue weighted by molar-refractivity contribution is -0.153. The molecule has 88 valence electrons. The maximum atomic E-state index is 12.3. The van der Waals surface area contributed by atoms with Gasteiger partial charge in [-0.05, 0) is 32.1 Å². The van der Waals surface area contributed by atoms with Gasteiger partial charge in [0.1, 0.15) is 5.78 Å². The smallest absolute Gasteiger partial charge is 0.313 e. The van der Waals surface area contributed by atoms with Crippen LogP contribution in [0.4, 0.5) is 0 Å². The van der Waals surface area contributed by atoms with Crippen molar-refractivity contribution in [2.24, 2.45) is 22.7 Å². The summed E-state index contributed by atoms with van der Waals surface area (Å²) in [6.07, 6.45) is 3.85. The van der Waals surface area contributed by atoms with Crippen LogP contribution in [0.15, 0.2) is 0 Å². The molecule has 0 spiro atoms. The minimum Gasteiger partial charge on any atom is -0.466 e. The average Bonchev–Trinajstić information content (AvgIpc) is 2.59. The lowest BCUT2D eigenvalue weighted by Gasteiger charge is -2.20. The van der Waals surface area contributed by atoms with E-state index < -0.39 is 5.41 Å². The van der Waals surface area contributed by atoms with Crippen molar-refractivity contribution in [1.82, 2.24) is 0 Å². The number of ether oxygens (including phenoxy) is 1. The molecule has 0 aromatic heterocycles. The van der Waals surface area contributed by atoms with Gasteiger partial charge in [0.05, 0.1) is 12.0 Å². The maximum absolute atomic E-state index is 12.3. The molecule has 0 heterocycles. The Labute approximate surface area is 95.5 Å². The number of carbonyl (C=O) groups is 2. The third-order valence-electron chi connectivity index (χ3n) is 5.16. The summed E-state index contributed by atoms with van der Waals surface area (Å²) in [6, 6.07) is 0. The van der Waals surface area contributed by atoms with E-state index in [1.54, 1.807) is 0 Å². The van der Waals surface area contributed by atoms with Crippen LogP contribution in [0, 0.1) is 22.7 Å². The largest absolute Gasteiger partial charge is 0.466 e. The molecule has 3 heteroatoms. The van der Waals surface area contributed by atoms with Crippen LogP contribution >= 0.6 is 0 Å². The summed E-state index contributed by atoms with van der Waals surface area (Å²) in [5.41, 5.74) is -0.809. The lowest BCUT2D eigenvalue weighted by atomic mass is 9.85. The van der Waals surface area contributed by atoms with Crippen molar-refractivity contribution >= 4 is 11.8 Å². The van der Waals surface area contributed by atoms with Crippen molar-refractivity contribution in [2.75, 3.05) is 6.61 Å². The molecular formula is C13H18O3. The number of ketones is 1. The fourth-order valence-corrected chi connectivity index (χ4v) is 4.34. The molecule has 3 fully saturated rings. The summed E-state index contributed by atoms with van der Waals surface area (Å²) in [7, 11) is 0. The number of esters is 1. The van der Waals surface area contributed by atoms with Gasteiger partial charge in [-0.1, -0.05) is 13.3 Å². The molecule has 0 aromatic carbocycles. The van der Waals surface area contributed by atoms with E-state index in [9.17, 15) is 9.59 Å². The molecule has 3 aliphatic carbocycles. The van der Waals surface area contributed by atoms with Gasteiger partial charge in [0.15, 0.2) is 0 Å². The van der Waals surface area contributed by atoms with Crippen molar-refractivity contribution in [3.8, 4) is 0 Å². The molecule has 0 radical (unpaired) electrons. The van der Waals surface area contributed by atoms with Crippen molar-refractivity contribution in [1.29, 1.82) is 0 Å². The molecule has 0 bridgehead atoms. The Morgan fingerprint density at radius 2 is 2.25 bits per heavy atom. The van der Waals surface area contributed by atoms with Gasteiger partial charge in [0.2, 0.25) is 0 Å². The van der Waals surface area contributed by atoms with Crippen molar-refractivity contribution in [3.05, 3.63) is 0 Å². The number of hydrogen-bond acceptors (Lipinski definition) is 3. The van der Waals surface area contributed by atoms with Crippen LogP contribution < -0.4 is 0 Å². The summed E-state index contributed by atoms with van der Waals surface area (Å²) < 4.78 is 5.20. The summed E-state index contributed by atoms with van der Waals surface area (Å²) in [5, 5.41) is 0. The van der Waals surface area contributed by atoms with E-state index in [4.69, 9.17) is 4.74 Å². The van der Waals surface area contributed by atoms with Crippen LogP contribution in [0.25, 0.3) is 0 Å². The van der Waals surface area contributed by atoms with E-state index in [0.29, 0.717) is 12.4 Å². The van der Waals surface area contributed by atoms with Crippen LogP contribution in [-0.2, 0) is 14.3 Å². The molecule has 0 aromatic rings. The normalized spacial score (nSPS) is 48.8. The summed E-state index contributed by atoms with van der Waals surface area (Å²) >= 11 is 0. The average molecular weight is 222 g/mol. The van der Waals surface area contributed by atoms with Crippen LogP contribution in [0.3, 0.4) is 0 Å². The molecule has 3 aliphatic rings. The van der Waals surface area contributed by atoms with Crippen molar-refractivity contribution in [3.63, 3.8) is 0 Å².